The molecule has 5 rings (SSSR count). The maximum Gasteiger partial charge on any atom is 0.252 e. The summed E-state index contributed by atoms with van der Waals surface area (Å²) < 4.78 is 12.6. The quantitative estimate of drug-likeness (QED) is 0.248. The van der Waals surface area contributed by atoms with Crippen LogP contribution in [0.15, 0.2) is 100 Å². The van der Waals surface area contributed by atoms with Gasteiger partial charge in [0.05, 0.1) is 6.61 Å². The third kappa shape index (κ3) is 5.90. The first-order valence-corrected chi connectivity index (χ1v) is 13.4. The third-order valence-electron chi connectivity index (χ3n) is 6.59. The highest BCUT2D eigenvalue weighted by Crippen LogP contribution is 2.29. The Balaban J connectivity index is 1.39. The molecule has 0 unspecified atom stereocenters. The number of amides is 1. The lowest BCUT2D eigenvalue weighted by Crippen LogP contribution is -2.48. The Kier molecular flexibility index (Phi) is 8.05. The van der Waals surface area contributed by atoms with Gasteiger partial charge in [0.1, 0.15) is 12.4 Å². The maximum atomic E-state index is 13.8. The number of carbonyl (C=O) groups excluding carboxylic acids is 1. The molecule has 0 radical (unpaired) electrons. The summed E-state index contributed by atoms with van der Waals surface area (Å²) in [4.78, 5) is 18.7. The molecule has 0 spiro atoms. The molecule has 1 atom stereocenters. The van der Waals surface area contributed by atoms with Gasteiger partial charge in [0.2, 0.25) is 5.90 Å². The van der Waals surface area contributed by atoms with E-state index in [0.29, 0.717) is 37.6 Å². The van der Waals surface area contributed by atoms with Gasteiger partial charge in [0.25, 0.3) is 5.91 Å². The van der Waals surface area contributed by atoms with Gasteiger partial charge in [-0.25, -0.2) is 4.99 Å². The smallest absolute Gasteiger partial charge is 0.252 e. The van der Waals surface area contributed by atoms with Crippen LogP contribution in [0.1, 0.15) is 23.1 Å². The van der Waals surface area contributed by atoms with Crippen LogP contribution >= 0.6 is 15.9 Å². The number of rotatable bonds is 10. The van der Waals surface area contributed by atoms with Crippen LogP contribution in [0, 0.1) is 0 Å². The summed E-state index contributed by atoms with van der Waals surface area (Å²) in [5.74, 6) is 0.964. The molecule has 1 heterocycles. The first-order valence-electron chi connectivity index (χ1n) is 12.6. The molecular formula is C31H29BrN2O4. The molecule has 1 aliphatic rings. The summed E-state index contributed by atoms with van der Waals surface area (Å²) in [6.07, 6.45) is 0.984. The number of nitrogens with one attached hydrogen (secondary N) is 1. The number of benzene rings is 4. The number of aliphatic hydroxyl groups is 1. The zero-order chi connectivity index (χ0) is 26.4. The van der Waals surface area contributed by atoms with Gasteiger partial charge >= 0.3 is 0 Å². The summed E-state index contributed by atoms with van der Waals surface area (Å²) in [7, 11) is 0. The van der Waals surface area contributed by atoms with E-state index in [0.717, 1.165) is 31.9 Å². The molecule has 0 bridgehead atoms. The number of aliphatic imine (C=N–C) groups is 1. The second kappa shape index (κ2) is 11.8. The molecule has 1 amide bonds. The lowest BCUT2D eigenvalue weighted by molar-refractivity contribution is -0.126. The Bertz CT molecular complexity index is 1430. The van der Waals surface area contributed by atoms with Crippen LogP contribution in [0.5, 0.6) is 5.75 Å². The van der Waals surface area contributed by atoms with Crippen LogP contribution in [0.2, 0.25) is 0 Å². The van der Waals surface area contributed by atoms with Gasteiger partial charge in [0.15, 0.2) is 5.54 Å². The van der Waals surface area contributed by atoms with Crippen LogP contribution < -0.4 is 10.1 Å². The van der Waals surface area contributed by atoms with E-state index in [1.165, 1.54) is 0 Å². The number of hydrogen-bond acceptors (Lipinski definition) is 5. The summed E-state index contributed by atoms with van der Waals surface area (Å²) in [5.41, 5.74) is 1.73. The third-order valence-corrected chi connectivity index (χ3v) is 7.12. The topological polar surface area (TPSA) is 80.2 Å². The molecular weight excluding hydrogens is 544 g/mol. The fourth-order valence-electron chi connectivity index (χ4n) is 4.56. The Hall–Kier alpha value is -3.68. The van der Waals surface area contributed by atoms with Crippen molar-refractivity contribution in [3.05, 3.63) is 112 Å². The van der Waals surface area contributed by atoms with E-state index in [4.69, 9.17) is 19.6 Å². The number of aliphatic hydroxyl groups excluding tert-OH is 1. The summed E-state index contributed by atoms with van der Waals surface area (Å²) in [6, 6.07) is 29.6. The van der Waals surface area contributed by atoms with E-state index in [1.807, 2.05) is 72.8 Å². The van der Waals surface area contributed by atoms with E-state index in [2.05, 4.69) is 39.4 Å². The molecule has 2 N–H and O–H groups in total. The van der Waals surface area contributed by atoms with Crippen molar-refractivity contribution < 1.29 is 19.4 Å². The molecule has 194 valence electrons. The lowest BCUT2D eigenvalue weighted by atomic mass is 9.91. The Morgan fingerprint density at radius 1 is 1.00 bits per heavy atom. The van der Waals surface area contributed by atoms with Crippen molar-refractivity contribution >= 4 is 38.5 Å². The zero-order valence-electron chi connectivity index (χ0n) is 20.9. The van der Waals surface area contributed by atoms with Crippen LogP contribution in [-0.2, 0) is 22.5 Å². The largest absolute Gasteiger partial charge is 0.494 e. The van der Waals surface area contributed by atoms with E-state index in [1.54, 1.807) is 0 Å². The predicted octanol–water partition coefficient (Wildman–Crippen LogP) is 5.44. The summed E-state index contributed by atoms with van der Waals surface area (Å²) in [5, 5.41) is 14.3. The second-order valence-corrected chi connectivity index (χ2v) is 10.2. The minimum atomic E-state index is -1.09. The van der Waals surface area contributed by atoms with Crippen LogP contribution in [0.3, 0.4) is 0 Å². The number of nitrogens with zero attached hydrogens (tertiary/aromatic N) is 1. The van der Waals surface area contributed by atoms with Gasteiger partial charge in [-0.15, -0.1) is 0 Å². The van der Waals surface area contributed by atoms with Crippen molar-refractivity contribution in [1.82, 2.24) is 5.32 Å². The number of carbonyl (C=O) groups is 1. The SMILES string of the molecule is O=C(NCc1cccc2ccccc12)[C@@]1(Cc2ccc(Br)cc2)COC(c2ccc(OCCCO)cc2)=N1. The van der Waals surface area contributed by atoms with Gasteiger partial charge in [0, 0.05) is 36.0 Å². The normalized spacial score (nSPS) is 16.6. The molecule has 0 saturated carbocycles. The molecule has 0 fully saturated rings. The number of halogens is 1. The van der Waals surface area contributed by atoms with Crippen LogP contribution in [0.25, 0.3) is 10.8 Å². The second-order valence-electron chi connectivity index (χ2n) is 9.31. The number of ether oxygens (including phenoxy) is 2. The van der Waals surface area contributed by atoms with E-state index >= 15 is 0 Å². The first-order chi connectivity index (χ1) is 18.6. The van der Waals surface area contributed by atoms with Gasteiger partial charge in [-0.3, -0.25) is 4.79 Å². The van der Waals surface area contributed by atoms with Gasteiger partial charge < -0.3 is 19.9 Å². The van der Waals surface area contributed by atoms with E-state index in [-0.39, 0.29) is 19.1 Å². The van der Waals surface area contributed by atoms with E-state index in [9.17, 15) is 4.79 Å². The standard InChI is InChI=1S/C31H29BrN2O4/c32-26-13-9-22(10-14-26)19-31(30(36)33-20-25-7-3-6-23-5-1-2-8-28(23)25)21-38-29(34-31)24-11-15-27(16-12-24)37-18-4-17-35/h1-3,5-16,35H,4,17-21H2,(H,33,36)/t31-/m1/s1. The monoisotopic (exact) mass is 572 g/mol. The molecule has 0 saturated heterocycles. The fourth-order valence-corrected chi connectivity index (χ4v) is 4.82. The lowest BCUT2D eigenvalue weighted by Gasteiger charge is -2.23. The Labute approximate surface area is 230 Å². The molecule has 4 aromatic carbocycles. The minimum Gasteiger partial charge on any atom is -0.494 e. The van der Waals surface area contributed by atoms with Crippen molar-refractivity contribution in [2.45, 2.75) is 24.9 Å². The van der Waals surface area contributed by atoms with Crippen molar-refractivity contribution in [2.75, 3.05) is 19.8 Å². The molecule has 1 aliphatic heterocycles. The van der Waals surface area contributed by atoms with E-state index < -0.39 is 5.54 Å². The summed E-state index contributed by atoms with van der Waals surface area (Å²) in [6.45, 7) is 1.08. The molecule has 0 aliphatic carbocycles. The highest BCUT2D eigenvalue weighted by molar-refractivity contribution is 9.10. The van der Waals surface area contributed by atoms with Crippen molar-refractivity contribution in [3.63, 3.8) is 0 Å². The van der Waals surface area contributed by atoms with Crippen molar-refractivity contribution in [2.24, 2.45) is 4.99 Å². The molecule has 7 heteroatoms. The highest BCUT2D eigenvalue weighted by atomic mass is 79.9. The van der Waals surface area contributed by atoms with Gasteiger partial charge in [-0.2, -0.15) is 0 Å². The van der Waals surface area contributed by atoms with Crippen LogP contribution in [0.4, 0.5) is 0 Å². The number of hydrogen-bond donors (Lipinski definition) is 2. The predicted molar refractivity (Wildman–Crippen MR) is 153 cm³/mol. The Morgan fingerprint density at radius 2 is 1.76 bits per heavy atom. The van der Waals surface area contributed by atoms with Crippen molar-refractivity contribution in [3.8, 4) is 5.75 Å². The first kappa shape index (κ1) is 25.9. The molecule has 4 aromatic rings. The minimum absolute atomic E-state index is 0.0890. The van der Waals surface area contributed by atoms with Crippen molar-refractivity contribution in [1.29, 1.82) is 0 Å². The summed E-state index contributed by atoms with van der Waals surface area (Å²) >= 11 is 3.48. The van der Waals surface area contributed by atoms with Gasteiger partial charge in [-0.1, -0.05) is 70.5 Å². The molecule has 6 nitrogen and oxygen atoms in total. The number of fused-ring (bicyclic) bond motifs is 1. The Morgan fingerprint density at radius 3 is 2.55 bits per heavy atom. The van der Waals surface area contributed by atoms with Crippen LogP contribution in [-0.4, -0.2) is 42.3 Å². The average Bonchev–Trinajstić information content (AvgIpc) is 3.38. The molecule has 38 heavy (non-hydrogen) atoms. The van der Waals surface area contributed by atoms with Gasteiger partial charge in [-0.05, 0) is 58.3 Å². The average molecular weight is 573 g/mol. The fraction of sp³-hybridized carbons (Fsp3) is 0.226. The zero-order valence-corrected chi connectivity index (χ0v) is 22.5. The maximum absolute atomic E-state index is 13.8. The molecule has 0 aromatic heterocycles. The highest BCUT2D eigenvalue weighted by Gasteiger charge is 2.44.